The highest BCUT2D eigenvalue weighted by molar-refractivity contribution is 6.31. The van der Waals surface area contributed by atoms with Crippen LogP contribution in [0, 0.1) is 13.8 Å². The van der Waals surface area contributed by atoms with Gasteiger partial charge < -0.3 is 9.47 Å². The Kier molecular flexibility index (Phi) is 7.91. The summed E-state index contributed by atoms with van der Waals surface area (Å²) in [5.41, 5.74) is 4.31. The van der Waals surface area contributed by atoms with Crippen molar-refractivity contribution < 1.29 is 19.1 Å². The minimum atomic E-state index is -0.844. The molecule has 5 aromatic rings. The van der Waals surface area contributed by atoms with Crippen LogP contribution in [0.25, 0.3) is 22.3 Å². The van der Waals surface area contributed by atoms with Crippen LogP contribution < -0.4 is 9.47 Å². The molecule has 0 saturated carbocycles. The molecule has 0 spiro atoms. The molecular weight excluding hydrogens is 547 g/mol. The summed E-state index contributed by atoms with van der Waals surface area (Å²) in [5.74, 6) is -1.08. The maximum Gasteiger partial charge on any atom is 0.364 e. The summed E-state index contributed by atoms with van der Waals surface area (Å²) in [5, 5.41) is 1.18. The van der Waals surface area contributed by atoms with E-state index in [9.17, 15) is 9.59 Å². The van der Waals surface area contributed by atoms with Crippen LogP contribution >= 0.6 is 23.2 Å². The van der Waals surface area contributed by atoms with Gasteiger partial charge in [-0.15, -0.1) is 0 Å². The van der Waals surface area contributed by atoms with Crippen molar-refractivity contribution in [3.05, 3.63) is 130 Å². The zero-order valence-electron chi connectivity index (χ0n) is 21.5. The molecule has 1 aromatic heterocycles. The third-order valence-electron chi connectivity index (χ3n) is 6.23. The molecule has 0 atom stereocenters. The third-order valence-corrected chi connectivity index (χ3v) is 6.73. The number of benzene rings is 4. The molecule has 0 aliphatic rings. The first-order chi connectivity index (χ1) is 19.3. The molecule has 0 amide bonds. The average Bonchev–Trinajstić information content (AvgIpc) is 2.95. The number of esters is 2. The number of carbonyl (C=O) groups excluding carboxylic acids is 2. The van der Waals surface area contributed by atoms with Gasteiger partial charge in [-0.25, -0.2) is 19.6 Å². The van der Waals surface area contributed by atoms with Crippen LogP contribution in [0.2, 0.25) is 10.0 Å². The fourth-order valence-corrected chi connectivity index (χ4v) is 4.61. The molecule has 0 unspecified atom stereocenters. The number of nitrogens with zero attached hydrogens (tertiary/aromatic N) is 2. The van der Waals surface area contributed by atoms with Gasteiger partial charge in [0.25, 0.3) is 0 Å². The predicted octanol–water partition coefficient (Wildman–Crippen LogP) is 8.17. The Hall–Kier alpha value is -4.52. The van der Waals surface area contributed by atoms with E-state index in [1.807, 2.05) is 50.2 Å². The lowest BCUT2D eigenvalue weighted by molar-refractivity contribution is 0.0682. The number of aryl methyl sites for hydroxylation is 2. The molecule has 198 valence electrons. The van der Waals surface area contributed by atoms with E-state index in [2.05, 4.69) is 9.97 Å². The van der Waals surface area contributed by atoms with Gasteiger partial charge >= 0.3 is 11.9 Å². The maximum absolute atomic E-state index is 13.3. The van der Waals surface area contributed by atoms with Crippen molar-refractivity contribution >= 4 is 35.1 Å². The molecule has 5 rings (SSSR count). The minimum absolute atomic E-state index is 0.267. The second-order valence-corrected chi connectivity index (χ2v) is 9.82. The van der Waals surface area contributed by atoms with E-state index < -0.39 is 11.9 Å². The molecule has 0 bridgehead atoms. The lowest BCUT2D eigenvalue weighted by Gasteiger charge is -2.15. The molecule has 0 aliphatic carbocycles. The summed E-state index contributed by atoms with van der Waals surface area (Å²) < 4.78 is 11.5. The van der Waals surface area contributed by atoms with E-state index in [-0.39, 0.29) is 11.4 Å². The van der Waals surface area contributed by atoms with Crippen molar-refractivity contribution in [3.63, 3.8) is 0 Å². The van der Waals surface area contributed by atoms with Gasteiger partial charge in [0, 0.05) is 33.6 Å². The minimum Gasteiger partial charge on any atom is -0.421 e. The smallest absolute Gasteiger partial charge is 0.364 e. The second kappa shape index (κ2) is 11.7. The van der Waals surface area contributed by atoms with E-state index >= 15 is 0 Å². The van der Waals surface area contributed by atoms with Crippen molar-refractivity contribution in [1.29, 1.82) is 0 Å². The van der Waals surface area contributed by atoms with Crippen molar-refractivity contribution in [2.45, 2.75) is 13.8 Å². The summed E-state index contributed by atoms with van der Waals surface area (Å²) >= 11 is 12.1. The Morgan fingerprint density at radius 1 is 0.575 bits per heavy atom. The molecule has 40 heavy (non-hydrogen) atoms. The molecule has 0 radical (unpaired) electrons. The van der Waals surface area contributed by atoms with Crippen molar-refractivity contribution in [3.8, 4) is 33.8 Å². The molecular formula is C32H22Cl2N2O4. The zero-order valence-corrected chi connectivity index (χ0v) is 23.0. The number of rotatable bonds is 6. The number of aromatic nitrogens is 2. The van der Waals surface area contributed by atoms with Crippen molar-refractivity contribution in [2.24, 2.45) is 0 Å². The number of ether oxygens (including phenoxy) is 2. The Bertz CT molecular complexity index is 1590. The molecule has 4 aromatic carbocycles. The van der Waals surface area contributed by atoms with E-state index in [0.717, 1.165) is 22.3 Å². The highest BCUT2D eigenvalue weighted by Gasteiger charge is 2.26. The number of hydrogen-bond acceptors (Lipinski definition) is 6. The van der Waals surface area contributed by atoms with Gasteiger partial charge in [-0.05, 0) is 72.5 Å². The average molecular weight is 569 g/mol. The molecule has 0 saturated heterocycles. The first-order valence-corrected chi connectivity index (χ1v) is 13.0. The third kappa shape index (κ3) is 5.73. The van der Waals surface area contributed by atoms with Gasteiger partial charge in [0.1, 0.15) is 11.5 Å². The van der Waals surface area contributed by atoms with Gasteiger partial charge in [-0.2, -0.15) is 0 Å². The molecule has 0 fully saturated rings. The van der Waals surface area contributed by atoms with Crippen molar-refractivity contribution in [2.75, 3.05) is 0 Å². The van der Waals surface area contributed by atoms with E-state index in [1.54, 1.807) is 48.5 Å². The van der Waals surface area contributed by atoms with E-state index in [1.165, 1.54) is 12.4 Å². The lowest BCUT2D eigenvalue weighted by Crippen LogP contribution is -2.21. The summed E-state index contributed by atoms with van der Waals surface area (Å²) in [7, 11) is 0. The number of carbonyl (C=O) groups is 2. The van der Waals surface area contributed by atoms with Gasteiger partial charge in [-0.3, -0.25) is 0 Å². The van der Waals surface area contributed by atoms with Gasteiger partial charge in [0.15, 0.2) is 11.4 Å². The van der Waals surface area contributed by atoms with Crippen LogP contribution in [-0.4, -0.2) is 21.9 Å². The first kappa shape index (κ1) is 27.1. The standard InChI is InChI=1S/C32H22Cl2N2O4/c1-19-5-3-7-25(27(19)21-9-13-23(33)14-10-21)39-31(37)29-30(36-18-17-35-29)32(38)40-26-8-4-6-20(2)28(26)22-11-15-24(34)16-12-22/h3-18H,1-2H3. The molecule has 1 heterocycles. The zero-order chi connectivity index (χ0) is 28.2. The fraction of sp³-hybridized carbons (Fsp3) is 0.0625. The van der Waals surface area contributed by atoms with Crippen LogP contribution in [0.15, 0.2) is 97.3 Å². The number of hydrogen-bond donors (Lipinski definition) is 0. The molecule has 8 heteroatoms. The summed E-state index contributed by atoms with van der Waals surface area (Å²) in [6.07, 6.45) is 2.63. The quantitative estimate of drug-likeness (QED) is 0.152. The highest BCUT2D eigenvalue weighted by Crippen LogP contribution is 2.36. The molecule has 6 nitrogen and oxygen atoms in total. The Morgan fingerprint density at radius 2 is 0.950 bits per heavy atom. The predicted molar refractivity (Wildman–Crippen MR) is 155 cm³/mol. The van der Waals surface area contributed by atoms with E-state index in [0.29, 0.717) is 32.7 Å². The van der Waals surface area contributed by atoms with E-state index in [4.69, 9.17) is 32.7 Å². The molecule has 0 aliphatic heterocycles. The maximum atomic E-state index is 13.3. The fourth-order valence-electron chi connectivity index (χ4n) is 4.36. The Morgan fingerprint density at radius 3 is 1.32 bits per heavy atom. The monoisotopic (exact) mass is 568 g/mol. The van der Waals surface area contributed by atoms with Crippen LogP contribution in [-0.2, 0) is 0 Å². The highest BCUT2D eigenvalue weighted by atomic mass is 35.5. The summed E-state index contributed by atoms with van der Waals surface area (Å²) in [6.45, 7) is 3.82. The largest absolute Gasteiger partial charge is 0.421 e. The van der Waals surface area contributed by atoms with Crippen LogP contribution in [0.5, 0.6) is 11.5 Å². The Balaban J connectivity index is 1.46. The Labute approximate surface area is 241 Å². The van der Waals surface area contributed by atoms with Crippen LogP contribution in [0.1, 0.15) is 32.1 Å². The van der Waals surface area contributed by atoms with Gasteiger partial charge in [-0.1, -0.05) is 71.7 Å². The summed E-state index contributed by atoms with van der Waals surface area (Å²) in [4.78, 5) is 34.9. The SMILES string of the molecule is Cc1cccc(OC(=O)c2nccnc2C(=O)Oc2cccc(C)c2-c2ccc(Cl)cc2)c1-c1ccc(Cl)cc1. The normalized spacial score (nSPS) is 10.7. The van der Waals surface area contributed by atoms with Crippen molar-refractivity contribution in [1.82, 2.24) is 9.97 Å². The second-order valence-electron chi connectivity index (χ2n) is 8.94. The van der Waals surface area contributed by atoms with Crippen LogP contribution in [0.4, 0.5) is 0 Å². The van der Waals surface area contributed by atoms with Gasteiger partial charge in [0.2, 0.25) is 0 Å². The lowest BCUT2D eigenvalue weighted by atomic mass is 9.99. The number of halogens is 2. The van der Waals surface area contributed by atoms with Gasteiger partial charge in [0.05, 0.1) is 0 Å². The summed E-state index contributed by atoms with van der Waals surface area (Å²) in [6, 6.07) is 25.1. The van der Waals surface area contributed by atoms with Crippen LogP contribution in [0.3, 0.4) is 0 Å². The first-order valence-electron chi connectivity index (χ1n) is 12.3. The topological polar surface area (TPSA) is 78.4 Å². The molecule has 0 N–H and O–H groups in total.